The predicted molar refractivity (Wildman–Crippen MR) is 186 cm³/mol. The molecule has 0 unspecified atom stereocenters. The van der Waals surface area contributed by atoms with Crippen LogP contribution in [0.25, 0.3) is 10.8 Å². The molecule has 0 aliphatic carbocycles. The number of fused-ring (bicyclic) bond motifs is 1. The first-order chi connectivity index (χ1) is 26.5. The molecule has 308 valence electrons. The van der Waals surface area contributed by atoms with Crippen molar-refractivity contribution in [1.29, 1.82) is 0 Å². The topological polar surface area (TPSA) is 420 Å². The third-order valence-electron chi connectivity index (χ3n) is 7.34. The maximum Gasteiger partial charge on any atom is 1.00 e. The monoisotopic (exact) mass is 1040 g/mol. The van der Waals surface area contributed by atoms with Gasteiger partial charge in [-0.15, -0.1) is 20.5 Å². The number of nitrogen functional groups attached to an aromatic ring is 1. The molecule has 1 heterocycles. The molecule has 5 aromatic rings. The summed E-state index contributed by atoms with van der Waals surface area (Å²) in [6.45, 7) is 1.31. The molecule has 4 aromatic carbocycles. The molecule has 0 aliphatic heterocycles. The maximum absolute atomic E-state index is 13.9. The van der Waals surface area contributed by atoms with Gasteiger partial charge in [-0.1, -0.05) is 11.6 Å². The number of aromatic hydroxyl groups is 1. The zero-order valence-electron chi connectivity index (χ0n) is 32.7. The Morgan fingerprint density at radius 2 is 1.08 bits per heavy atom. The predicted octanol–water partition coefficient (Wildman–Crippen LogP) is -11.9. The summed E-state index contributed by atoms with van der Waals surface area (Å²) < 4.78 is 194. The molecule has 63 heavy (non-hydrogen) atoms. The van der Waals surface area contributed by atoms with E-state index in [9.17, 15) is 74.3 Å². The molecule has 1 aromatic heterocycles. The van der Waals surface area contributed by atoms with Crippen LogP contribution in [0.15, 0.2) is 93.5 Å². The number of phenols is 1. The Morgan fingerprint density at radius 3 is 1.56 bits per heavy atom. The number of nitrogens with one attached hydrogen (secondary N) is 1. The first kappa shape index (κ1) is 62.6. The number of azo groups is 2. The Labute approximate surface area is 471 Å². The van der Waals surface area contributed by atoms with Gasteiger partial charge in [-0.2, -0.15) is 9.37 Å². The van der Waals surface area contributed by atoms with Crippen LogP contribution in [0, 0.1) is 13.0 Å². The van der Waals surface area contributed by atoms with Crippen molar-refractivity contribution in [3.05, 3.63) is 65.3 Å². The van der Waals surface area contributed by atoms with Gasteiger partial charge in [0.25, 0.3) is 0 Å². The third kappa shape index (κ3) is 14.8. The molecule has 4 N–H and O–H groups in total. The molecule has 0 saturated carbocycles. The van der Waals surface area contributed by atoms with Gasteiger partial charge < -0.3 is 38.9 Å². The molecule has 0 amide bonds. The van der Waals surface area contributed by atoms with E-state index < -0.39 is 126 Å². The fourth-order valence-electron chi connectivity index (χ4n) is 4.87. The Morgan fingerprint density at radius 1 is 0.635 bits per heavy atom. The van der Waals surface area contributed by atoms with Crippen molar-refractivity contribution in [2.24, 2.45) is 20.5 Å². The zero-order chi connectivity index (χ0) is 43.5. The average molecular weight is 1040 g/mol. The van der Waals surface area contributed by atoms with Gasteiger partial charge in [0.05, 0.1) is 41.2 Å². The number of nitrogens with zero attached hydrogens (tertiary/aromatic N) is 6. The first-order valence-corrected chi connectivity index (χ1v) is 21.9. The number of halogens is 2. The number of aromatic nitrogens is 2. The summed E-state index contributed by atoms with van der Waals surface area (Å²) in [5, 5.41) is 25.5. The Bertz CT molecular complexity index is 3270. The van der Waals surface area contributed by atoms with E-state index in [0.29, 0.717) is 30.3 Å². The van der Waals surface area contributed by atoms with Crippen molar-refractivity contribution >= 4 is 113 Å². The van der Waals surface area contributed by atoms with Crippen LogP contribution in [-0.2, 0) is 50.6 Å². The summed E-state index contributed by atoms with van der Waals surface area (Å²) >= 11 is 6.08. The van der Waals surface area contributed by atoms with E-state index in [-0.39, 0.29) is 176 Å². The second-order valence-corrected chi connectivity index (χ2v) is 18.3. The van der Waals surface area contributed by atoms with E-state index in [1.165, 1.54) is 6.92 Å². The van der Waals surface area contributed by atoms with Crippen LogP contribution in [0.5, 0.6) is 5.75 Å². The van der Waals surface area contributed by atoms with Crippen LogP contribution >= 0.6 is 11.6 Å². The molecule has 24 nitrogen and oxygen atoms in total. The molecule has 5 rings (SSSR count). The fraction of sp³-hybridized carbons (Fsp3) is 0.0370. The van der Waals surface area contributed by atoms with Crippen LogP contribution in [0.3, 0.4) is 0 Å². The summed E-state index contributed by atoms with van der Waals surface area (Å²) in [6.07, 6.45) is -1.24. The van der Waals surface area contributed by atoms with Crippen molar-refractivity contribution in [2.75, 3.05) is 11.1 Å². The van der Waals surface area contributed by atoms with Crippen molar-refractivity contribution in [2.45, 2.75) is 31.4 Å². The van der Waals surface area contributed by atoms with E-state index >= 15 is 0 Å². The van der Waals surface area contributed by atoms with Gasteiger partial charge in [0.1, 0.15) is 78.4 Å². The van der Waals surface area contributed by atoms with E-state index in [4.69, 9.17) is 17.3 Å². The molecule has 0 spiro atoms. The van der Waals surface area contributed by atoms with Gasteiger partial charge >= 0.3 is 154 Å². The fourth-order valence-corrected chi connectivity index (χ4v) is 7.98. The van der Waals surface area contributed by atoms with E-state index in [1.807, 2.05) is 0 Å². The summed E-state index contributed by atoms with van der Waals surface area (Å²) in [5.41, 5.74) is -0.104. The van der Waals surface area contributed by atoms with E-state index in [1.54, 1.807) is 0 Å². The molecule has 0 aliphatic rings. The van der Waals surface area contributed by atoms with E-state index in [0.717, 1.165) is 12.1 Å². The van der Waals surface area contributed by atoms with Crippen molar-refractivity contribution in [3.8, 4) is 5.75 Å². The number of rotatable bonds is 11. The minimum absolute atomic E-state index is 0. The second-order valence-electron chi connectivity index (χ2n) is 11.2. The SMILES string of the molecule is Cc1nc(F)nc(Nc2ccc(S(=O)(=O)[O-])c(N=Nc3c(S(=O)(=O)[O-])cc4cc(S(=O)(=O)[O-])c(N=Nc5cc(S(=O)(=O)[O-])ccc5S(=O)(=O)[O-])c(N)c4c3O)c2)c1Cl.[Na+].[Na+].[Na+].[Na+].[Na+]. The Kier molecular flexibility index (Phi) is 23.1. The summed E-state index contributed by atoms with van der Waals surface area (Å²) in [4.78, 5) is 0.247. The van der Waals surface area contributed by atoms with Gasteiger partial charge in [-0.05, 0) is 60.8 Å². The van der Waals surface area contributed by atoms with Gasteiger partial charge in [0.15, 0.2) is 11.6 Å². The van der Waals surface area contributed by atoms with Crippen LogP contribution in [-0.4, -0.2) is 79.9 Å². The van der Waals surface area contributed by atoms with Gasteiger partial charge in [0, 0.05) is 5.69 Å². The van der Waals surface area contributed by atoms with Crippen molar-refractivity contribution < 1.29 is 222 Å². The minimum Gasteiger partial charge on any atom is -0.744 e. The Balaban J connectivity index is 0.00000769. The molecular weight excluding hydrogens is 1020 g/mol. The smallest absolute Gasteiger partial charge is 0.744 e. The van der Waals surface area contributed by atoms with Crippen LogP contribution < -0.4 is 159 Å². The minimum atomic E-state index is -5.80. The zero-order valence-corrected chi connectivity index (χ0v) is 47.6. The van der Waals surface area contributed by atoms with Gasteiger partial charge in [0.2, 0.25) is 0 Å². The number of phenolic OH excluding ortho intramolecular Hbond substituents is 1. The van der Waals surface area contributed by atoms with Crippen LogP contribution in [0.1, 0.15) is 5.69 Å². The van der Waals surface area contributed by atoms with Gasteiger partial charge in [-0.25, -0.2) is 47.1 Å². The molecule has 0 bridgehead atoms. The van der Waals surface area contributed by atoms with Crippen molar-refractivity contribution in [1.82, 2.24) is 9.97 Å². The standard InChI is InChI=1S/C27H20ClFN8O16S5.5Na/c1-10-21(28)26(33-27(29)31-10)32-12-2-4-16(55(42,43)44)14(8-12)34-37-24-19(58(51,52)53)7-11-6-18(57(48,49)50)23(22(30)20(11)25(24)38)36-35-15-9-13(54(39,40)41)3-5-17(15)56(45,46)47;;;;;/h2-9,38H,30H2,1H3,(H,31,32,33)(H,39,40,41)(H,42,43,44)(H,45,46,47)(H,48,49,50)(H,51,52,53);;;;;/q;5*+1/p-5. The third-order valence-corrected chi connectivity index (χ3v) is 12.1. The van der Waals surface area contributed by atoms with Crippen molar-refractivity contribution in [3.63, 3.8) is 0 Å². The molecule has 0 atom stereocenters. The second kappa shape index (κ2) is 23.3. The number of aryl methyl sites for hydroxylation is 1. The average Bonchev–Trinajstić information content (AvgIpc) is 3.07. The van der Waals surface area contributed by atoms with Crippen LogP contribution in [0.4, 0.5) is 44.3 Å². The normalized spacial score (nSPS) is 12.1. The largest absolute Gasteiger partial charge is 1.00 e. The van der Waals surface area contributed by atoms with Crippen LogP contribution in [0.2, 0.25) is 5.02 Å². The summed E-state index contributed by atoms with van der Waals surface area (Å²) in [5.74, 6) is -1.84. The molecule has 0 radical (unpaired) electrons. The molecule has 0 fully saturated rings. The molecular formula is C27H15ClFN8Na5O16S5. The summed E-state index contributed by atoms with van der Waals surface area (Å²) in [6, 6.07) is 4.02. The van der Waals surface area contributed by atoms with Gasteiger partial charge in [-0.3, -0.25) is 0 Å². The number of hydrogen-bond donors (Lipinski definition) is 3. The Hall–Kier alpha value is -0.410. The first-order valence-electron chi connectivity index (χ1n) is 14.5. The number of benzene rings is 4. The number of anilines is 3. The maximum atomic E-state index is 13.9. The number of hydrogen-bond acceptors (Lipinski definition) is 24. The molecule has 36 heteroatoms. The number of nitrogens with two attached hydrogens (primary N) is 1. The van der Waals surface area contributed by atoms with E-state index in [2.05, 4.69) is 35.7 Å². The quantitative estimate of drug-likeness (QED) is 0.0363. The summed E-state index contributed by atoms with van der Waals surface area (Å²) in [7, 11) is -27.9. The molecule has 0 saturated heterocycles.